The molecule has 1 saturated carbocycles. The third kappa shape index (κ3) is 3.46. The van der Waals surface area contributed by atoms with Crippen LogP contribution in [0, 0.1) is 11.8 Å². The molecular formula is C12H19NO5S. The standard InChI is InChI=1S/C12H19NO5S/c14-11(13-8-5-6-19(17,18)7-8)9-3-1-2-4-10(9)12(15)16/h8-10H,1-7H2,(H,13,14)(H,15,16)/t8-,9+,10+/m1/s1. The van der Waals surface area contributed by atoms with Crippen LogP contribution in [-0.4, -0.2) is 42.9 Å². The molecule has 1 saturated heterocycles. The van der Waals surface area contributed by atoms with Crippen LogP contribution >= 0.6 is 0 Å². The lowest BCUT2D eigenvalue weighted by Gasteiger charge is -2.28. The summed E-state index contributed by atoms with van der Waals surface area (Å²) in [7, 11) is -3.03. The minimum Gasteiger partial charge on any atom is -0.481 e. The maximum absolute atomic E-state index is 12.1. The zero-order valence-electron chi connectivity index (χ0n) is 10.7. The van der Waals surface area contributed by atoms with Crippen LogP contribution in [0.25, 0.3) is 0 Å². The molecule has 1 aliphatic heterocycles. The van der Waals surface area contributed by atoms with Crippen molar-refractivity contribution < 1.29 is 23.1 Å². The summed E-state index contributed by atoms with van der Waals surface area (Å²) < 4.78 is 22.7. The highest BCUT2D eigenvalue weighted by molar-refractivity contribution is 7.91. The van der Waals surface area contributed by atoms with E-state index < -0.39 is 27.6 Å². The summed E-state index contributed by atoms with van der Waals surface area (Å²) in [5, 5.41) is 11.8. The average molecular weight is 289 g/mol. The predicted molar refractivity (Wildman–Crippen MR) is 68.3 cm³/mol. The van der Waals surface area contributed by atoms with Gasteiger partial charge in [-0.15, -0.1) is 0 Å². The van der Waals surface area contributed by atoms with Crippen LogP contribution in [0.15, 0.2) is 0 Å². The van der Waals surface area contributed by atoms with E-state index in [1.54, 1.807) is 0 Å². The first-order valence-electron chi connectivity index (χ1n) is 6.62. The van der Waals surface area contributed by atoms with E-state index in [9.17, 15) is 18.0 Å². The van der Waals surface area contributed by atoms with Crippen LogP contribution in [0.1, 0.15) is 32.1 Å². The molecule has 1 heterocycles. The number of hydrogen-bond acceptors (Lipinski definition) is 4. The maximum Gasteiger partial charge on any atom is 0.307 e. The smallest absolute Gasteiger partial charge is 0.307 e. The van der Waals surface area contributed by atoms with E-state index in [0.29, 0.717) is 19.3 Å². The van der Waals surface area contributed by atoms with Crippen molar-refractivity contribution >= 4 is 21.7 Å². The molecule has 0 unspecified atom stereocenters. The Hall–Kier alpha value is -1.11. The molecule has 6 nitrogen and oxygen atoms in total. The molecule has 19 heavy (non-hydrogen) atoms. The first-order chi connectivity index (χ1) is 8.89. The van der Waals surface area contributed by atoms with E-state index in [4.69, 9.17) is 5.11 Å². The Bertz CT molecular complexity index is 473. The molecule has 3 atom stereocenters. The van der Waals surface area contributed by atoms with Crippen molar-refractivity contribution in [1.82, 2.24) is 5.32 Å². The Balaban J connectivity index is 1.97. The average Bonchev–Trinajstić information content (AvgIpc) is 2.68. The van der Waals surface area contributed by atoms with Crippen molar-refractivity contribution in [2.45, 2.75) is 38.1 Å². The highest BCUT2D eigenvalue weighted by Gasteiger charge is 2.37. The van der Waals surface area contributed by atoms with Gasteiger partial charge in [0.05, 0.1) is 23.3 Å². The van der Waals surface area contributed by atoms with Gasteiger partial charge < -0.3 is 10.4 Å². The van der Waals surface area contributed by atoms with E-state index in [-0.39, 0.29) is 23.5 Å². The minimum absolute atomic E-state index is 0.0246. The molecule has 0 aromatic heterocycles. The molecule has 2 N–H and O–H groups in total. The molecular weight excluding hydrogens is 270 g/mol. The zero-order chi connectivity index (χ0) is 14.0. The predicted octanol–water partition coefficient (Wildman–Crippen LogP) is 0.181. The van der Waals surface area contributed by atoms with Crippen molar-refractivity contribution in [3.05, 3.63) is 0 Å². The lowest BCUT2D eigenvalue weighted by Crippen LogP contribution is -2.44. The number of nitrogens with one attached hydrogen (secondary N) is 1. The zero-order valence-corrected chi connectivity index (χ0v) is 11.5. The Morgan fingerprint density at radius 3 is 2.21 bits per heavy atom. The Labute approximate surface area is 112 Å². The van der Waals surface area contributed by atoms with Gasteiger partial charge in [0.15, 0.2) is 9.84 Å². The maximum atomic E-state index is 12.1. The number of hydrogen-bond donors (Lipinski definition) is 2. The van der Waals surface area contributed by atoms with Gasteiger partial charge in [0, 0.05) is 6.04 Å². The van der Waals surface area contributed by atoms with Gasteiger partial charge in [-0.2, -0.15) is 0 Å². The fourth-order valence-corrected chi connectivity index (χ4v) is 4.63. The molecule has 0 spiro atoms. The largest absolute Gasteiger partial charge is 0.481 e. The highest BCUT2D eigenvalue weighted by Crippen LogP contribution is 2.30. The van der Waals surface area contributed by atoms with E-state index in [0.717, 1.165) is 12.8 Å². The van der Waals surface area contributed by atoms with Crippen molar-refractivity contribution in [1.29, 1.82) is 0 Å². The molecule has 0 radical (unpaired) electrons. The monoisotopic (exact) mass is 289 g/mol. The van der Waals surface area contributed by atoms with E-state index in [2.05, 4.69) is 5.32 Å². The van der Waals surface area contributed by atoms with Crippen molar-refractivity contribution in [3.63, 3.8) is 0 Å². The molecule has 7 heteroatoms. The van der Waals surface area contributed by atoms with Crippen LogP contribution in [0.2, 0.25) is 0 Å². The van der Waals surface area contributed by atoms with Gasteiger partial charge in [-0.05, 0) is 19.3 Å². The topological polar surface area (TPSA) is 101 Å². The third-order valence-electron chi connectivity index (χ3n) is 4.00. The van der Waals surface area contributed by atoms with Crippen molar-refractivity contribution in [3.8, 4) is 0 Å². The van der Waals surface area contributed by atoms with Gasteiger partial charge in [-0.1, -0.05) is 12.8 Å². The van der Waals surface area contributed by atoms with E-state index in [1.807, 2.05) is 0 Å². The van der Waals surface area contributed by atoms with Crippen LogP contribution in [0.3, 0.4) is 0 Å². The first-order valence-corrected chi connectivity index (χ1v) is 8.45. The number of carboxylic acid groups (broad SMARTS) is 1. The molecule has 2 fully saturated rings. The Morgan fingerprint density at radius 1 is 1.05 bits per heavy atom. The van der Waals surface area contributed by atoms with E-state index >= 15 is 0 Å². The van der Waals surface area contributed by atoms with E-state index in [1.165, 1.54) is 0 Å². The summed E-state index contributed by atoms with van der Waals surface area (Å²) in [5.41, 5.74) is 0. The minimum atomic E-state index is -3.03. The van der Waals surface area contributed by atoms with Crippen LogP contribution in [0.4, 0.5) is 0 Å². The summed E-state index contributed by atoms with van der Waals surface area (Å²) in [4.78, 5) is 23.2. The number of aliphatic carboxylic acids is 1. The quantitative estimate of drug-likeness (QED) is 0.772. The van der Waals surface area contributed by atoms with Crippen molar-refractivity contribution in [2.75, 3.05) is 11.5 Å². The number of carboxylic acids is 1. The SMILES string of the molecule is O=C(O)[C@H]1CCCC[C@@H]1C(=O)N[C@@H]1CCS(=O)(=O)C1. The molecule has 2 aliphatic rings. The summed E-state index contributed by atoms with van der Waals surface area (Å²) in [5.74, 6) is -2.30. The van der Waals surface area contributed by atoms with Crippen LogP contribution in [-0.2, 0) is 19.4 Å². The molecule has 1 amide bonds. The number of sulfone groups is 1. The second-order valence-corrected chi connectivity index (χ2v) is 7.67. The summed E-state index contributed by atoms with van der Waals surface area (Å²) in [6, 6.07) is -0.353. The summed E-state index contributed by atoms with van der Waals surface area (Å²) >= 11 is 0. The third-order valence-corrected chi connectivity index (χ3v) is 5.77. The fraction of sp³-hybridized carbons (Fsp3) is 0.833. The lowest BCUT2D eigenvalue weighted by atomic mass is 9.78. The van der Waals surface area contributed by atoms with Gasteiger partial charge in [-0.25, -0.2) is 8.42 Å². The molecule has 0 bridgehead atoms. The molecule has 108 valence electrons. The summed E-state index contributed by atoms with van der Waals surface area (Å²) in [6.07, 6.45) is 3.21. The van der Waals surface area contributed by atoms with Gasteiger partial charge in [-0.3, -0.25) is 9.59 Å². The molecule has 2 rings (SSSR count). The second kappa shape index (κ2) is 5.48. The lowest BCUT2D eigenvalue weighted by molar-refractivity contribution is -0.149. The van der Waals surface area contributed by atoms with Crippen molar-refractivity contribution in [2.24, 2.45) is 11.8 Å². The molecule has 0 aromatic carbocycles. The van der Waals surface area contributed by atoms with Crippen LogP contribution < -0.4 is 5.32 Å². The number of carbonyl (C=O) groups is 2. The number of amides is 1. The van der Waals surface area contributed by atoms with Gasteiger partial charge in [0.2, 0.25) is 5.91 Å². The molecule has 0 aromatic rings. The van der Waals surface area contributed by atoms with Crippen LogP contribution in [0.5, 0.6) is 0 Å². The normalized spacial score (nSPS) is 33.8. The number of carbonyl (C=O) groups excluding carboxylic acids is 1. The molecule has 1 aliphatic carbocycles. The fourth-order valence-electron chi connectivity index (χ4n) is 2.96. The Morgan fingerprint density at radius 2 is 1.68 bits per heavy atom. The van der Waals surface area contributed by atoms with Gasteiger partial charge in [0.25, 0.3) is 0 Å². The number of rotatable bonds is 3. The Kier molecular flexibility index (Phi) is 4.13. The highest BCUT2D eigenvalue weighted by atomic mass is 32.2. The second-order valence-electron chi connectivity index (χ2n) is 5.44. The summed E-state index contributed by atoms with van der Waals surface area (Å²) in [6.45, 7) is 0. The van der Waals surface area contributed by atoms with Gasteiger partial charge in [0.1, 0.15) is 0 Å². The van der Waals surface area contributed by atoms with Gasteiger partial charge >= 0.3 is 5.97 Å². The first kappa shape index (κ1) is 14.3.